The Morgan fingerprint density at radius 3 is 2.43 bits per heavy atom. The monoisotopic (exact) mass is 293 g/mol. The minimum Gasteiger partial charge on any atom is -0.480 e. The zero-order chi connectivity index (χ0) is 15.7. The standard InChI is InChI=1S/C14H19N3O4/c1-6(2)10(14(20)21)16-12(18)9-7(3)15-11(8-4-5-8)17-13(9)19/h6,8,10H,4-5H2,1-3H3,(H,16,18)(H,20,21)(H,15,17,19)/t10-/m1/s1. The van der Waals surface area contributed by atoms with Gasteiger partial charge in [0.25, 0.3) is 11.5 Å². The molecule has 1 amide bonds. The first kappa shape index (κ1) is 15.2. The van der Waals surface area contributed by atoms with Crippen LogP contribution in [-0.4, -0.2) is 33.0 Å². The number of aromatic amines is 1. The number of aromatic nitrogens is 2. The maximum absolute atomic E-state index is 12.2. The first-order valence-corrected chi connectivity index (χ1v) is 6.95. The van der Waals surface area contributed by atoms with E-state index in [1.165, 1.54) is 0 Å². The maximum atomic E-state index is 12.2. The molecule has 0 bridgehead atoms. The number of nitrogens with zero attached hydrogens (tertiary/aromatic N) is 1. The highest BCUT2D eigenvalue weighted by molar-refractivity contribution is 5.97. The summed E-state index contributed by atoms with van der Waals surface area (Å²) in [5.74, 6) is -1.24. The molecule has 1 heterocycles. The van der Waals surface area contributed by atoms with E-state index in [2.05, 4.69) is 15.3 Å². The SMILES string of the molecule is Cc1nc(C2CC2)[nH]c(=O)c1C(=O)N[C@@H](C(=O)O)C(C)C. The summed E-state index contributed by atoms with van der Waals surface area (Å²) in [4.78, 5) is 42.2. The predicted molar refractivity (Wildman–Crippen MR) is 75.3 cm³/mol. The number of H-pyrrole nitrogens is 1. The zero-order valence-corrected chi connectivity index (χ0v) is 12.3. The van der Waals surface area contributed by atoms with Crippen LogP contribution in [0.25, 0.3) is 0 Å². The van der Waals surface area contributed by atoms with Crippen LogP contribution in [0.2, 0.25) is 0 Å². The van der Waals surface area contributed by atoms with Crippen molar-refractivity contribution in [1.82, 2.24) is 15.3 Å². The highest BCUT2D eigenvalue weighted by Gasteiger charge is 2.29. The van der Waals surface area contributed by atoms with Crippen molar-refractivity contribution in [2.45, 2.75) is 45.6 Å². The van der Waals surface area contributed by atoms with E-state index >= 15 is 0 Å². The maximum Gasteiger partial charge on any atom is 0.326 e. The molecule has 1 aromatic rings. The van der Waals surface area contributed by atoms with E-state index in [9.17, 15) is 14.4 Å². The van der Waals surface area contributed by atoms with Crippen molar-refractivity contribution >= 4 is 11.9 Å². The van der Waals surface area contributed by atoms with Gasteiger partial charge in [0.05, 0.1) is 5.69 Å². The number of rotatable bonds is 5. The van der Waals surface area contributed by atoms with Crippen molar-refractivity contribution in [3.63, 3.8) is 0 Å². The van der Waals surface area contributed by atoms with E-state index in [1.54, 1.807) is 20.8 Å². The van der Waals surface area contributed by atoms with Gasteiger partial charge in [-0.1, -0.05) is 13.8 Å². The van der Waals surface area contributed by atoms with Crippen molar-refractivity contribution in [3.8, 4) is 0 Å². The Morgan fingerprint density at radius 2 is 2.00 bits per heavy atom. The Labute approximate surface area is 121 Å². The molecule has 0 aliphatic heterocycles. The highest BCUT2D eigenvalue weighted by Crippen LogP contribution is 2.37. The van der Waals surface area contributed by atoms with Crippen LogP contribution in [0.5, 0.6) is 0 Å². The molecular weight excluding hydrogens is 274 g/mol. The van der Waals surface area contributed by atoms with Crippen LogP contribution in [0.15, 0.2) is 4.79 Å². The molecule has 1 fully saturated rings. The average Bonchev–Trinajstić information content (AvgIpc) is 3.18. The minimum atomic E-state index is -1.13. The second kappa shape index (κ2) is 5.67. The van der Waals surface area contributed by atoms with Crippen LogP contribution in [0.3, 0.4) is 0 Å². The third-order valence-corrected chi connectivity index (χ3v) is 3.53. The molecular formula is C14H19N3O4. The number of carbonyl (C=O) groups is 2. The highest BCUT2D eigenvalue weighted by atomic mass is 16.4. The van der Waals surface area contributed by atoms with Gasteiger partial charge in [-0.15, -0.1) is 0 Å². The molecule has 0 saturated heterocycles. The topological polar surface area (TPSA) is 112 Å². The Kier molecular flexibility index (Phi) is 4.11. The summed E-state index contributed by atoms with van der Waals surface area (Å²) in [7, 11) is 0. The quantitative estimate of drug-likeness (QED) is 0.743. The van der Waals surface area contributed by atoms with E-state index in [4.69, 9.17) is 5.11 Å². The van der Waals surface area contributed by atoms with Gasteiger partial charge in [-0.3, -0.25) is 9.59 Å². The van der Waals surface area contributed by atoms with Crippen molar-refractivity contribution in [2.24, 2.45) is 5.92 Å². The molecule has 1 saturated carbocycles. The molecule has 1 atom stereocenters. The zero-order valence-electron chi connectivity index (χ0n) is 12.3. The Bertz CT molecular complexity index is 632. The molecule has 2 rings (SSSR count). The molecule has 1 aliphatic rings. The number of carbonyl (C=O) groups excluding carboxylic acids is 1. The summed E-state index contributed by atoms with van der Waals surface area (Å²) in [5, 5.41) is 11.5. The van der Waals surface area contributed by atoms with Crippen molar-refractivity contribution in [3.05, 3.63) is 27.4 Å². The molecule has 3 N–H and O–H groups in total. The normalized spacial score (nSPS) is 15.8. The van der Waals surface area contributed by atoms with E-state index in [0.29, 0.717) is 11.5 Å². The molecule has 0 unspecified atom stereocenters. The lowest BCUT2D eigenvalue weighted by atomic mass is 10.0. The summed E-state index contributed by atoms with van der Waals surface area (Å²) in [6.45, 7) is 4.95. The third kappa shape index (κ3) is 3.29. The molecule has 7 nitrogen and oxygen atoms in total. The average molecular weight is 293 g/mol. The summed E-state index contributed by atoms with van der Waals surface area (Å²) in [6, 6.07) is -1.04. The van der Waals surface area contributed by atoms with Crippen molar-refractivity contribution in [1.29, 1.82) is 0 Å². The number of aliphatic carboxylic acids is 1. The van der Waals surface area contributed by atoms with Crippen molar-refractivity contribution < 1.29 is 14.7 Å². The minimum absolute atomic E-state index is 0.119. The van der Waals surface area contributed by atoms with Gasteiger partial charge in [0.2, 0.25) is 0 Å². The van der Waals surface area contributed by atoms with E-state index in [1.807, 2.05) is 0 Å². The Balaban J connectivity index is 2.27. The van der Waals surface area contributed by atoms with Crippen molar-refractivity contribution in [2.75, 3.05) is 0 Å². The molecule has 0 radical (unpaired) electrons. The van der Waals surface area contributed by atoms with Gasteiger partial charge in [0.15, 0.2) is 0 Å². The predicted octanol–water partition coefficient (Wildman–Crippen LogP) is 0.795. The fourth-order valence-electron chi connectivity index (χ4n) is 2.15. The van der Waals surface area contributed by atoms with Gasteiger partial charge in [0, 0.05) is 5.92 Å². The molecule has 1 aliphatic carbocycles. The summed E-state index contributed by atoms with van der Waals surface area (Å²) in [6.07, 6.45) is 1.98. The van der Waals surface area contributed by atoms with Crippen LogP contribution in [-0.2, 0) is 4.79 Å². The van der Waals surface area contributed by atoms with Crippen LogP contribution < -0.4 is 10.9 Å². The lowest BCUT2D eigenvalue weighted by Gasteiger charge is -2.18. The van der Waals surface area contributed by atoms with Gasteiger partial charge in [0.1, 0.15) is 17.4 Å². The smallest absolute Gasteiger partial charge is 0.326 e. The number of hydrogen-bond donors (Lipinski definition) is 3. The molecule has 1 aromatic heterocycles. The van der Waals surface area contributed by atoms with Gasteiger partial charge in [-0.05, 0) is 25.7 Å². The lowest BCUT2D eigenvalue weighted by molar-refractivity contribution is -0.140. The van der Waals surface area contributed by atoms with Crippen LogP contribution >= 0.6 is 0 Å². The number of carboxylic acids is 1. The fraction of sp³-hybridized carbons (Fsp3) is 0.571. The molecule has 7 heteroatoms. The number of aryl methyl sites for hydroxylation is 1. The first-order chi connectivity index (χ1) is 9.81. The number of carboxylic acid groups (broad SMARTS) is 1. The summed E-state index contributed by atoms with van der Waals surface area (Å²) < 4.78 is 0. The van der Waals surface area contributed by atoms with E-state index in [0.717, 1.165) is 12.8 Å². The number of amides is 1. The van der Waals surface area contributed by atoms with Crippen LogP contribution in [0.1, 0.15) is 54.5 Å². The van der Waals surface area contributed by atoms with Gasteiger partial charge < -0.3 is 15.4 Å². The first-order valence-electron chi connectivity index (χ1n) is 6.95. The molecule has 114 valence electrons. The third-order valence-electron chi connectivity index (χ3n) is 3.53. The Morgan fingerprint density at radius 1 is 1.38 bits per heavy atom. The summed E-state index contributed by atoms with van der Waals surface area (Å²) in [5.41, 5.74) is -0.313. The van der Waals surface area contributed by atoms with Crippen LogP contribution in [0.4, 0.5) is 0 Å². The van der Waals surface area contributed by atoms with Gasteiger partial charge in [-0.25, -0.2) is 9.78 Å². The summed E-state index contributed by atoms with van der Waals surface area (Å²) >= 11 is 0. The molecule has 21 heavy (non-hydrogen) atoms. The van der Waals surface area contributed by atoms with Gasteiger partial charge in [-0.2, -0.15) is 0 Å². The fourth-order valence-corrected chi connectivity index (χ4v) is 2.15. The van der Waals surface area contributed by atoms with E-state index in [-0.39, 0.29) is 17.4 Å². The largest absolute Gasteiger partial charge is 0.480 e. The second-order valence-corrected chi connectivity index (χ2v) is 5.72. The van der Waals surface area contributed by atoms with E-state index < -0.39 is 23.5 Å². The van der Waals surface area contributed by atoms with Gasteiger partial charge >= 0.3 is 5.97 Å². The molecule has 0 spiro atoms. The number of hydrogen-bond acceptors (Lipinski definition) is 4. The number of nitrogens with one attached hydrogen (secondary N) is 2. The Hall–Kier alpha value is -2.18. The molecule has 0 aromatic carbocycles. The van der Waals surface area contributed by atoms with Crippen LogP contribution in [0, 0.1) is 12.8 Å². The lowest BCUT2D eigenvalue weighted by Crippen LogP contribution is -2.46. The second-order valence-electron chi connectivity index (χ2n) is 5.72.